The van der Waals surface area contributed by atoms with Crippen LogP contribution >= 0.6 is 0 Å². The maximum atomic E-state index is 5.66. The van der Waals surface area contributed by atoms with Crippen LogP contribution in [0, 0.1) is 0 Å². The molecule has 0 bridgehead atoms. The topological polar surface area (TPSA) is 60.2 Å². The van der Waals surface area contributed by atoms with Crippen molar-refractivity contribution in [1.82, 2.24) is 10.2 Å². The van der Waals surface area contributed by atoms with E-state index in [9.17, 15) is 0 Å². The van der Waals surface area contributed by atoms with Crippen LogP contribution in [0.5, 0.6) is 5.75 Å². The number of anilines is 1. The van der Waals surface area contributed by atoms with Gasteiger partial charge in [-0.25, -0.2) is 0 Å². The highest BCUT2D eigenvalue weighted by Crippen LogP contribution is 2.35. The van der Waals surface area contributed by atoms with Crippen LogP contribution < -0.4 is 10.1 Å². The first-order valence-corrected chi connectivity index (χ1v) is 7.70. The maximum absolute atomic E-state index is 5.66. The normalized spacial score (nSPS) is 17.7. The molecule has 110 valence electrons. The average molecular weight is 285 g/mol. The molecule has 0 radical (unpaired) electrons. The fourth-order valence-electron chi connectivity index (χ4n) is 2.83. The Bertz CT molecular complexity index is 634. The molecule has 1 aromatic carbocycles. The zero-order valence-electron chi connectivity index (χ0n) is 12.0. The van der Waals surface area contributed by atoms with Gasteiger partial charge in [-0.3, -0.25) is 0 Å². The Kier molecular flexibility index (Phi) is 3.25. The molecule has 0 atom stereocenters. The number of nitrogens with zero attached hydrogens (tertiary/aromatic N) is 2. The molecule has 5 heteroatoms. The van der Waals surface area contributed by atoms with Gasteiger partial charge in [0.2, 0.25) is 5.89 Å². The van der Waals surface area contributed by atoms with Crippen molar-refractivity contribution >= 4 is 6.01 Å². The number of ether oxygens (including phenoxy) is 1. The first kappa shape index (κ1) is 12.7. The maximum Gasteiger partial charge on any atom is 0.315 e. The van der Waals surface area contributed by atoms with E-state index in [4.69, 9.17) is 9.15 Å². The van der Waals surface area contributed by atoms with Crippen LogP contribution in [-0.4, -0.2) is 16.8 Å². The summed E-state index contributed by atoms with van der Waals surface area (Å²) in [6.45, 7) is 1.52. The monoisotopic (exact) mass is 285 g/mol. The average Bonchev–Trinajstić information content (AvgIpc) is 2.91. The zero-order valence-corrected chi connectivity index (χ0v) is 12.0. The summed E-state index contributed by atoms with van der Waals surface area (Å²) < 4.78 is 11.3. The minimum absolute atomic E-state index is 0.481. The summed E-state index contributed by atoms with van der Waals surface area (Å²) in [5.41, 5.74) is 2.50. The fraction of sp³-hybridized carbons (Fsp3) is 0.500. The smallest absolute Gasteiger partial charge is 0.315 e. The minimum Gasteiger partial charge on any atom is -0.493 e. The third-order valence-corrected chi connectivity index (χ3v) is 4.31. The minimum atomic E-state index is 0.481. The van der Waals surface area contributed by atoms with Crippen molar-refractivity contribution in [2.45, 2.75) is 44.6 Å². The Balaban J connectivity index is 1.40. The molecule has 1 aliphatic heterocycles. The Hall–Kier alpha value is -2.04. The van der Waals surface area contributed by atoms with E-state index in [1.54, 1.807) is 0 Å². The van der Waals surface area contributed by atoms with E-state index in [0.717, 1.165) is 31.1 Å². The van der Waals surface area contributed by atoms with Crippen molar-refractivity contribution in [1.29, 1.82) is 0 Å². The van der Waals surface area contributed by atoms with Crippen molar-refractivity contribution in [3.8, 4) is 5.75 Å². The fourth-order valence-corrected chi connectivity index (χ4v) is 2.83. The molecule has 2 aromatic rings. The summed E-state index contributed by atoms with van der Waals surface area (Å²) in [6, 6.07) is 6.86. The summed E-state index contributed by atoms with van der Waals surface area (Å²) in [6.07, 6.45) is 5.81. The Morgan fingerprint density at radius 2 is 2.14 bits per heavy atom. The second-order valence-corrected chi connectivity index (χ2v) is 5.82. The van der Waals surface area contributed by atoms with E-state index in [1.807, 2.05) is 0 Å². The lowest BCUT2D eigenvalue weighted by Gasteiger charge is -2.20. The van der Waals surface area contributed by atoms with Crippen molar-refractivity contribution in [3.63, 3.8) is 0 Å². The van der Waals surface area contributed by atoms with Crippen molar-refractivity contribution in [2.75, 3.05) is 11.9 Å². The highest BCUT2D eigenvalue weighted by molar-refractivity contribution is 5.39. The number of hydrogen-bond acceptors (Lipinski definition) is 5. The highest BCUT2D eigenvalue weighted by atomic mass is 16.5. The van der Waals surface area contributed by atoms with Gasteiger partial charge in [-0.1, -0.05) is 23.7 Å². The van der Waals surface area contributed by atoms with E-state index in [-0.39, 0.29) is 0 Å². The summed E-state index contributed by atoms with van der Waals surface area (Å²) >= 11 is 0. The van der Waals surface area contributed by atoms with Crippen molar-refractivity contribution in [3.05, 3.63) is 35.2 Å². The van der Waals surface area contributed by atoms with E-state index in [0.29, 0.717) is 18.5 Å². The van der Waals surface area contributed by atoms with E-state index >= 15 is 0 Å². The number of nitrogens with one attached hydrogen (secondary N) is 1. The van der Waals surface area contributed by atoms with Gasteiger partial charge in [0.1, 0.15) is 5.75 Å². The molecule has 1 N–H and O–H groups in total. The highest BCUT2D eigenvalue weighted by Gasteiger charge is 2.25. The van der Waals surface area contributed by atoms with Crippen molar-refractivity contribution < 1.29 is 9.15 Å². The third kappa shape index (κ3) is 2.60. The molecule has 1 aromatic heterocycles. The number of benzene rings is 1. The molecule has 0 unspecified atom stereocenters. The van der Waals surface area contributed by atoms with Crippen molar-refractivity contribution in [2.24, 2.45) is 0 Å². The summed E-state index contributed by atoms with van der Waals surface area (Å²) in [5.74, 6) is 2.28. The van der Waals surface area contributed by atoms with E-state index < -0.39 is 0 Å². The van der Waals surface area contributed by atoms with E-state index in [2.05, 4.69) is 33.7 Å². The van der Waals surface area contributed by atoms with Gasteiger partial charge >= 0.3 is 6.01 Å². The molecule has 1 aliphatic carbocycles. The molecule has 2 aliphatic rings. The van der Waals surface area contributed by atoms with Gasteiger partial charge in [0.15, 0.2) is 0 Å². The quantitative estimate of drug-likeness (QED) is 0.934. The van der Waals surface area contributed by atoms with Gasteiger partial charge < -0.3 is 14.5 Å². The van der Waals surface area contributed by atoms with Crippen LogP contribution in [0.2, 0.25) is 0 Å². The summed E-state index contributed by atoms with van der Waals surface area (Å²) in [7, 11) is 0. The predicted molar refractivity (Wildman–Crippen MR) is 78.5 cm³/mol. The lowest BCUT2D eigenvalue weighted by Crippen LogP contribution is -2.09. The first-order chi connectivity index (χ1) is 10.4. The van der Waals surface area contributed by atoms with Crippen LogP contribution in [0.3, 0.4) is 0 Å². The molecule has 0 amide bonds. The first-order valence-electron chi connectivity index (χ1n) is 7.70. The Morgan fingerprint density at radius 3 is 3.00 bits per heavy atom. The van der Waals surface area contributed by atoms with Gasteiger partial charge in [0, 0.05) is 12.5 Å². The van der Waals surface area contributed by atoms with Gasteiger partial charge in [-0.2, -0.15) is 0 Å². The van der Waals surface area contributed by atoms with Gasteiger partial charge in [-0.05, 0) is 42.9 Å². The number of aromatic nitrogens is 2. The SMILES string of the molecule is c1cc2c(cc1CNc1nnc(C3CCC3)o1)CCCO2. The van der Waals surface area contributed by atoms with Crippen LogP contribution in [0.15, 0.2) is 22.6 Å². The Labute approximate surface area is 123 Å². The Morgan fingerprint density at radius 1 is 1.19 bits per heavy atom. The van der Waals surface area contributed by atoms with Crippen LogP contribution in [0.25, 0.3) is 0 Å². The standard InChI is InChI=1S/C16H19N3O2/c1-3-12(4-1)15-18-19-16(21-15)17-10-11-6-7-14-13(9-11)5-2-8-20-14/h6-7,9,12H,1-5,8,10H2,(H,17,19). The van der Waals surface area contributed by atoms with Gasteiger partial charge in [0.25, 0.3) is 0 Å². The zero-order chi connectivity index (χ0) is 14.1. The molecule has 5 nitrogen and oxygen atoms in total. The molecule has 1 fully saturated rings. The molecular formula is C16H19N3O2. The molecule has 0 saturated heterocycles. The van der Waals surface area contributed by atoms with Crippen LogP contribution in [0.4, 0.5) is 6.01 Å². The van der Waals surface area contributed by atoms with Gasteiger partial charge in [-0.15, -0.1) is 5.10 Å². The number of fused-ring (bicyclic) bond motifs is 1. The summed E-state index contributed by atoms with van der Waals surface area (Å²) in [5, 5.41) is 11.4. The predicted octanol–water partition coefficient (Wildman–Crippen LogP) is 3.27. The summed E-state index contributed by atoms with van der Waals surface area (Å²) in [4.78, 5) is 0. The largest absolute Gasteiger partial charge is 0.493 e. The number of aryl methyl sites for hydroxylation is 1. The number of rotatable bonds is 4. The van der Waals surface area contributed by atoms with Crippen LogP contribution in [-0.2, 0) is 13.0 Å². The van der Waals surface area contributed by atoms with Gasteiger partial charge in [0.05, 0.1) is 6.61 Å². The molecular weight excluding hydrogens is 266 g/mol. The lowest BCUT2D eigenvalue weighted by molar-refractivity contribution is 0.288. The number of hydrogen-bond donors (Lipinski definition) is 1. The molecule has 0 spiro atoms. The molecule has 21 heavy (non-hydrogen) atoms. The van der Waals surface area contributed by atoms with E-state index in [1.165, 1.54) is 30.4 Å². The molecule has 2 heterocycles. The lowest BCUT2D eigenvalue weighted by atomic mass is 9.85. The second-order valence-electron chi connectivity index (χ2n) is 5.82. The molecule has 4 rings (SSSR count). The second kappa shape index (κ2) is 5.39. The molecule has 1 saturated carbocycles. The third-order valence-electron chi connectivity index (χ3n) is 4.31. The van der Waals surface area contributed by atoms with Crippen LogP contribution in [0.1, 0.15) is 48.6 Å².